The van der Waals surface area contributed by atoms with Crippen molar-refractivity contribution in [1.29, 1.82) is 0 Å². The maximum Gasteiger partial charge on any atom is 0.242 e. The summed E-state index contributed by atoms with van der Waals surface area (Å²) in [4.78, 5) is 15.0. The summed E-state index contributed by atoms with van der Waals surface area (Å²) in [7, 11) is 3.49. The molecule has 2 heterocycles. The first-order valence-electron chi connectivity index (χ1n) is 13.1. The molecular formula is C31H32N6O3. The third kappa shape index (κ3) is 6.55. The van der Waals surface area contributed by atoms with E-state index in [1.807, 2.05) is 72.4 Å². The molecule has 0 fully saturated rings. The Morgan fingerprint density at radius 1 is 1.00 bits per heavy atom. The summed E-state index contributed by atoms with van der Waals surface area (Å²) in [6.07, 6.45) is 6.48. The van der Waals surface area contributed by atoms with Gasteiger partial charge in [-0.15, -0.1) is 5.10 Å². The van der Waals surface area contributed by atoms with Crippen molar-refractivity contribution in [3.8, 4) is 11.5 Å². The average molecular weight is 537 g/mol. The number of fused-ring (bicyclic) bond motifs is 1. The van der Waals surface area contributed by atoms with Gasteiger partial charge in [-0.2, -0.15) is 0 Å². The van der Waals surface area contributed by atoms with Crippen LogP contribution in [0.1, 0.15) is 28.1 Å². The first kappa shape index (κ1) is 26.7. The van der Waals surface area contributed by atoms with Gasteiger partial charge in [0.25, 0.3) is 0 Å². The first-order valence-corrected chi connectivity index (χ1v) is 13.1. The van der Waals surface area contributed by atoms with Gasteiger partial charge < -0.3 is 18.9 Å². The lowest BCUT2D eigenvalue weighted by atomic mass is 10.1. The summed E-state index contributed by atoms with van der Waals surface area (Å²) in [5, 5.41) is 14.9. The van der Waals surface area contributed by atoms with Crippen molar-refractivity contribution in [2.45, 2.75) is 26.5 Å². The van der Waals surface area contributed by atoms with Crippen molar-refractivity contribution in [2.75, 3.05) is 20.7 Å². The number of H-pyrrole nitrogens is 1. The van der Waals surface area contributed by atoms with Crippen LogP contribution in [0, 0.1) is 6.92 Å². The minimum atomic E-state index is 0.0278. The molecule has 1 amide bonds. The van der Waals surface area contributed by atoms with Crippen LogP contribution >= 0.6 is 0 Å². The maximum atomic E-state index is 13.2. The number of carbonyl (C=O) groups excluding carboxylic acids is 1. The molecule has 0 aliphatic heterocycles. The Morgan fingerprint density at radius 2 is 1.75 bits per heavy atom. The average Bonchev–Trinajstić information content (AvgIpc) is 3.62. The summed E-state index contributed by atoms with van der Waals surface area (Å²) in [6.45, 7) is 3.37. The molecule has 0 aliphatic carbocycles. The molecule has 0 atom stereocenters. The number of tetrazole rings is 1. The van der Waals surface area contributed by atoms with Crippen LogP contribution in [0.25, 0.3) is 23.1 Å². The number of hydrogen-bond donors (Lipinski definition) is 1. The van der Waals surface area contributed by atoms with Crippen LogP contribution in [0.3, 0.4) is 0 Å². The summed E-state index contributed by atoms with van der Waals surface area (Å²) in [6, 6.07) is 22.2. The van der Waals surface area contributed by atoms with Gasteiger partial charge in [0.05, 0.1) is 7.11 Å². The van der Waals surface area contributed by atoms with Gasteiger partial charge in [0, 0.05) is 36.3 Å². The summed E-state index contributed by atoms with van der Waals surface area (Å²) >= 11 is 0. The number of ether oxygens (including phenoxy) is 2. The number of amides is 1. The van der Waals surface area contributed by atoms with Crippen LogP contribution < -0.4 is 9.47 Å². The first-order chi connectivity index (χ1) is 19.5. The Morgan fingerprint density at radius 3 is 2.48 bits per heavy atom. The van der Waals surface area contributed by atoms with Crippen LogP contribution in [0.4, 0.5) is 0 Å². The van der Waals surface area contributed by atoms with Gasteiger partial charge in [0.15, 0.2) is 5.82 Å². The Bertz CT molecular complexity index is 1590. The fourth-order valence-electron chi connectivity index (χ4n) is 4.39. The van der Waals surface area contributed by atoms with Crippen molar-refractivity contribution in [2.24, 2.45) is 0 Å². The molecule has 0 unspecified atom stereocenters. The number of benzene rings is 3. The van der Waals surface area contributed by atoms with Gasteiger partial charge >= 0.3 is 0 Å². The number of aromatic amines is 1. The SMILES string of the molecule is COc1ccc(CCN(C)C(=O)Cn2cc(C=Cc3nnn[nH]3)c3cc(OCc4ccc(C)cc4)ccc32)cc1. The second kappa shape index (κ2) is 12.3. The molecule has 9 heteroatoms. The molecule has 5 rings (SSSR count). The lowest BCUT2D eigenvalue weighted by Crippen LogP contribution is -2.31. The number of carbonyl (C=O) groups is 1. The van der Waals surface area contributed by atoms with Crippen LogP contribution in [-0.2, 0) is 24.4 Å². The van der Waals surface area contributed by atoms with Gasteiger partial charge in [0.2, 0.25) is 5.91 Å². The van der Waals surface area contributed by atoms with Crippen molar-refractivity contribution < 1.29 is 14.3 Å². The molecular weight excluding hydrogens is 504 g/mol. The number of rotatable bonds is 11. The smallest absolute Gasteiger partial charge is 0.242 e. The van der Waals surface area contributed by atoms with Crippen LogP contribution in [0.5, 0.6) is 11.5 Å². The molecule has 3 aromatic carbocycles. The van der Waals surface area contributed by atoms with Gasteiger partial charge in [0.1, 0.15) is 24.7 Å². The number of hydrogen-bond acceptors (Lipinski definition) is 6. The second-order valence-corrected chi connectivity index (χ2v) is 9.70. The molecule has 0 saturated carbocycles. The lowest BCUT2D eigenvalue weighted by molar-refractivity contribution is -0.130. The predicted octanol–water partition coefficient (Wildman–Crippen LogP) is 4.92. The quantitative estimate of drug-likeness (QED) is 0.257. The summed E-state index contributed by atoms with van der Waals surface area (Å²) < 4.78 is 13.3. The lowest BCUT2D eigenvalue weighted by Gasteiger charge is -2.18. The third-order valence-corrected chi connectivity index (χ3v) is 6.82. The molecule has 2 aromatic heterocycles. The molecule has 0 spiro atoms. The van der Waals surface area contributed by atoms with Crippen LogP contribution in [-0.4, -0.2) is 56.7 Å². The minimum absolute atomic E-state index is 0.0278. The number of aromatic nitrogens is 5. The predicted molar refractivity (Wildman–Crippen MR) is 155 cm³/mol. The monoisotopic (exact) mass is 536 g/mol. The van der Waals surface area contributed by atoms with E-state index in [4.69, 9.17) is 9.47 Å². The van der Waals surface area contributed by atoms with Crippen LogP contribution in [0.2, 0.25) is 0 Å². The van der Waals surface area contributed by atoms with Gasteiger partial charge in [-0.3, -0.25) is 4.79 Å². The molecule has 0 aliphatic rings. The largest absolute Gasteiger partial charge is 0.497 e. The molecule has 9 nitrogen and oxygen atoms in total. The second-order valence-electron chi connectivity index (χ2n) is 9.70. The topological polar surface area (TPSA) is 98.2 Å². The standard InChI is InChI=1S/C31H32N6O3/c1-22-4-6-24(7-5-22)21-40-27-13-14-29-28(18-27)25(10-15-30-32-34-35-33-30)19-37(29)20-31(38)36(2)17-16-23-8-11-26(39-3)12-9-23/h4-15,18-19H,16-17,20-21H2,1-3H3,(H,32,33,34,35). The Hall–Kier alpha value is -4.92. The van der Waals surface area contributed by atoms with Gasteiger partial charge in [-0.05, 0) is 77.4 Å². The van der Waals surface area contributed by atoms with E-state index in [-0.39, 0.29) is 12.5 Å². The zero-order valence-corrected chi connectivity index (χ0v) is 22.9. The molecule has 5 aromatic rings. The molecule has 0 saturated heterocycles. The zero-order chi connectivity index (χ0) is 27.9. The minimum Gasteiger partial charge on any atom is -0.497 e. The van der Waals surface area contributed by atoms with E-state index in [9.17, 15) is 4.79 Å². The highest BCUT2D eigenvalue weighted by molar-refractivity contribution is 5.93. The molecule has 40 heavy (non-hydrogen) atoms. The number of nitrogens with one attached hydrogen (secondary N) is 1. The van der Waals surface area contributed by atoms with Gasteiger partial charge in [-0.25, -0.2) is 5.10 Å². The van der Waals surface area contributed by atoms with E-state index >= 15 is 0 Å². The van der Waals surface area contributed by atoms with E-state index in [0.717, 1.165) is 45.5 Å². The Labute approximate surface area is 233 Å². The van der Waals surface area contributed by atoms with Crippen LogP contribution in [0.15, 0.2) is 72.9 Å². The van der Waals surface area contributed by atoms with E-state index in [1.54, 1.807) is 12.0 Å². The highest BCUT2D eigenvalue weighted by atomic mass is 16.5. The molecule has 204 valence electrons. The summed E-state index contributed by atoms with van der Waals surface area (Å²) in [5.74, 6) is 2.15. The van der Waals surface area contributed by atoms with E-state index in [0.29, 0.717) is 19.0 Å². The van der Waals surface area contributed by atoms with Gasteiger partial charge in [-0.1, -0.05) is 42.0 Å². The third-order valence-electron chi connectivity index (χ3n) is 6.82. The zero-order valence-electron chi connectivity index (χ0n) is 22.9. The Kier molecular flexibility index (Phi) is 8.20. The van der Waals surface area contributed by atoms with E-state index in [1.165, 1.54) is 5.56 Å². The van der Waals surface area contributed by atoms with E-state index in [2.05, 4.69) is 51.8 Å². The summed E-state index contributed by atoms with van der Waals surface area (Å²) in [5.41, 5.74) is 5.34. The normalized spacial score (nSPS) is 11.3. The van der Waals surface area contributed by atoms with Crippen molar-refractivity contribution in [3.63, 3.8) is 0 Å². The highest BCUT2D eigenvalue weighted by Crippen LogP contribution is 2.28. The molecule has 0 bridgehead atoms. The van der Waals surface area contributed by atoms with Crippen molar-refractivity contribution >= 4 is 29.0 Å². The number of nitrogens with zero attached hydrogens (tertiary/aromatic N) is 5. The number of aryl methyl sites for hydroxylation is 1. The molecule has 1 N–H and O–H groups in total. The number of methoxy groups -OCH3 is 1. The highest BCUT2D eigenvalue weighted by Gasteiger charge is 2.14. The van der Waals surface area contributed by atoms with Crippen molar-refractivity contribution in [3.05, 3.63) is 101 Å². The Balaban J connectivity index is 1.33. The fraction of sp³-hybridized carbons (Fsp3) is 0.226. The van der Waals surface area contributed by atoms with E-state index < -0.39 is 0 Å². The molecule has 0 radical (unpaired) electrons. The van der Waals surface area contributed by atoms with Crippen molar-refractivity contribution in [1.82, 2.24) is 30.1 Å². The number of likely N-dealkylation sites (N-methyl/N-ethyl adjacent to an activating group) is 1. The fourth-order valence-corrected chi connectivity index (χ4v) is 4.39. The maximum absolute atomic E-state index is 13.2.